The van der Waals surface area contributed by atoms with E-state index < -0.39 is 0 Å². The summed E-state index contributed by atoms with van der Waals surface area (Å²) in [4.78, 5) is 32.7. The van der Waals surface area contributed by atoms with Crippen LogP contribution in [0.5, 0.6) is 11.6 Å². The van der Waals surface area contributed by atoms with Crippen LogP contribution in [0, 0.1) is 6.92 Å². The number of benzene rings is 2. The Morgan fingerprint density at radius 3 is 2.77 bits per heavy atom. The summed E-state index contributed by atoms with van der Waals surface area (Å²) in [5.41, 5.74) is 3.26. The second kappa shape index (κ2) is 10.3. The minimum Gasteiger partial charge on any atom is -0.437 e. The van der Waals surface area contributed by atoms with Gasteiger partial charge in [-0.1, -0.05) is 24.3 Å². The van der Waals surface area contributed by atoms with Crippen LogP contribution in [0.3, 0.4) is 0 Å². The van der Waals surface area contributed by atoms with Gasteiger partial charge >= 0.3 is 0 Å². The predicted molar refractivity (Wildman–Crippen MR) is 133 cm³/mol. The van der Waals surface area contributed by atoms with Crippen molar-refractivity contribution in [2.75, 3.05) is 18.4 Å². The van der Waals surface area contributed by atoms with Crippen molar-refractivity contribution in [3.8, 4) is 11.6 Å². The Balaban J connectivity index is 1.28. The lowest BCUT2D eigenvalue weighted by atomic mass is 9.94. The van der Waals surface area contributed by atoms with Crippen molar-refractivity contribution in [2.45, 2.75) is 25.7 Å². The fraction of sp³-hybridized carbons (Fsp3) is 0.222. The van der Waals surface area contributed by atoms with Gasteiger partial charge in [-0.05, 0) is 55.7 Å². The zero-order valence-electron chi connectivity index (χ0n) is 19.5. The molecule has 1 fully saturated rings. The van der Waals surface area contributed by atoms with E-state index in [0.717, 1.165) is 35.5 Å². The van der Waals surface area contributed by atoms with Gasteiger partial charge in [0, 0.05) is 48.8 Å². The molecular formula is C27H26N6O2. The lowest BCUT2D eigenvalue weighted by Gasteiger charge is -2.32. The lowest BCUT2D eigenvalue weighted by molar-refractivity contribution is 0.0705. The van der Waals surface area contributed by atoms with Crippen LogP contribution in [0.1, 0.15) is 40.4 Å². The Labute approximate surface area is 204 Å². The summed E-state index contributed by atoms with van der Waals surface area (Å²) < 4.78 is 5.97. The highest BCUT2D eigenvalue weighted by atomic mass is 16.5. The molecule has 8 heteroatoms. The number of likely N-dealkylation sites (tertiary alicyclic amines) is 1. The molecule has 176 valence electrons. The number of amides is 1. The molecule has 4 aromatic rings. The molecule has 0 spiro atoms. The number of hydrogen-bond acceptors (Lipinski definition) is 7. The van der Waals surface area contributed by atoms with Crippen LogP contribution < -0.4 is 10.1 Å². The van der Waals surface area contributed by atoms with Crippen molar-refractivity contribution >= 4 is 17.5 Å². The minimum atomic E-state index is -0.00685. The number of aryl methyl sites for hydroxylation is 1. The number of carbonyl (C=O) groups excluding carboxylic acids is 1. The zero-order valence-corrected chi connectivity index (χ0v) is 19.5. The van der Waals surface area contributed by atoms with Crippen LogP contribution in [0.2, 0.25) is 0 Å². The highest BCUT2D eigenvalue weighted by molar-refractivity contribution is 5.95. The number of anilines is 2. The van der Waals surface area contributed by atoms with E-state index in [-0.39, 0.29) is 11.8 Å². The number of piperidine rings is 1. The summed E-state index contributed by atoms with van der Waals surface area (Å²) in [6.45, 7) is 3.29. The Morgan fingerprint density at radius 2 is 1.91 bits per heavy atom. The molecule has 0 unspecified atom stereocenters. The molecule has 0 saturated carbocycles. The van der Waals surface area contributed by atoms with Crippen LogP contribution in [-0.4, -0.2) is 43.8 Å². The van der Waals surface area contributed by atoms with Crippen molar-refractivity contribution in [1.82, 2.24) is 24.8 Å². The van der Waals surface area contributed by atoms with E-state index in [1.54, 1.807) is 30.9 Å². The monoisotopic (exact) mass is 466 g/mol. The van der Waals surface area contributed by atoms with Crippen LogP contribution in [0.25, 0.3) is 0 Å². The summed E-state index contributed by atoms with van der Waals surface area (Å²) in [5.74, 6) is 1.80. The third kappa shape index (κ3) is 5.43. The second-order valence-corrected chi connectivity index (χ2v) is 8.52. The van der Waals surface area contributed by atoms with Crippen molar-refractivity contribution in [2.24, 2.45) is 0 Å². The number of nitrogens with one attached hydrogen (secondary N) is 1. The van der Waals surface area contributed by atoms with E-state index in [0.29, 0.717) is 30.5 Å². The topological polar surface area (TPSA) is 93.1 Å². The van der Waals surface area contributed by atoms with E-state index in [1.165, 1.54) is 0 Å². The summed E-state index contributed by atoms with van der Waals surface area (Å²) in [5, 5.41) is 3.14. The largest absolute Gasteiger partial charge is 0.437 e. The molecule has 5 rings (SSSR count). The van der Waals surface area contributed by atoms with Gasteiger partial charge in [0.1, 0.15) is 5.75 Å². The molecule has 0 radical (unpaired) electrons. The van der Waals surface area contributed by atoms with E-state index in [9.17, 15) is 4.79 Å². The van der Waals surface area contributed by atoms with Crippen LogP contribution in [-0.2, 0) is 0 Å². The molecule has 0 bridgehead atoms. The number of nitrogens with zero attached hydrogens (tertiary/aromatic N) is 5. The number of aromatic nitrogens is 4. The molecular weight excluding hydrogens is 440 g/mol. The SMILES string of the molecule is Cc1ccccc1Oc1cncc([C@@H]2CCCN(C(=O)c3cccc(Nc4ncccn4)c3)C2)n1. The van der Waals surface area contributed by atoms with Gasteiger partial charge in [0.15, 0.2) is 0 Å². The number of hydrogen-bond donors (Lipinski definition) is 1. The maximum absolute atomic E-state index is 13.3. The first-order valence-corrected chi connectivity index (χ1v) is 11.6. The van der Waals surface area contributed by atoms with Crippen molar-refractivity contribution in [1.29, 1.82) is 0 Å². The molecule has 1 amide bonds. The standard InChI is InChI=1S/C27H26N6O2/c1-19-7-2-3-11-24(19)35-25-17-28-16-23(32-25)21-9-5-14-33(18-21)26(34)20-8-4-10-22(15-20)31-27-29-12-6-13-30-27/h2-4,6-8,10-13,15-17,21H,5,9,14,18H2,1H3,(H,29,30,31)/t21-/m1/s1. The predicted octanol–water partition coefficient (Wildman–Crippen LogP) is 5.13. The van der Waals surface area contributed by atoms with E-state index in [4.69, 9.17) is 9.72 Å². The van der Waals surface area contributed by atoms with Crippen LogP contribution in [0.15, 0.2) is 79.4 Å². The number of ether oxygens (including phenoxy) is 1. The smallest absolute Gasteiger partial charge is 0.253 e. The van der Waals surface area contributed by atoms with E-state index in [2.05, 4.69) is 20.3 Å². The van der Waals surface area contributed by atoms with Gasteiger partial charge < -0.3 is 15.0 Å². The molecule has 3 heterocycles. The third-order valence-electron chi connectivity index (χ3n) is 6.00. The summed E-state index contributed by atoms with van der Waals surface area (Å²) in [6, 6.07) is 17.0. The van der Waals surface area contributed by atoms with Gasteiger partial charge in [-0.2, -0.15) is 0 Å². The number of carbonyl (C=O) groups is 1. The van der Waals surface area contributed by atoms with Crippen LogP contribution >= 0.6 is 0 Å². The van der Waals surface area contributed by atoms with Crippen LogP contribution in [0.4, 0.5) is 11.6 Å². The highest BCUT2D eigenvalue weighted by Crippen LogP contribution is 2.29. The van der Waals surface area contributed by atoms with Gasteiger partial charge in [0.2, 0.25) is 11.8 Å². The Kier molecular flexibility index (Phi) is 6.61. The third-order valence-corrected chi connectivity index (χ3v) is 6.00. The molecule has 1 N–H and O–H groups in total. The summed E-state index contributed by atoms with van der Waals surface area (Å²) >= 11 is 0. The van der Waals surface area contributed by atoms with E-state index >= 15 is 0 Å². The molecule has 2 aromatic heterocycles. The molecule has 1 aliphatic heterocycles. The Hall–Kier alpha value is -4.33. The number of rotatable bonds is 6. The Bertz CT molecular complexity index is 1310. The molecule has 0 aliphatic carbocycles. The summed E-state index contributed by atoms with van der Waals surface area (Å²) in [6.07, 6.45) is 8.57. The van der Waals surface area contributed by atoms with Gasteiger partial charge in [0.25, 0.3) is 5.91 Å². The summed E-state index contributed by atoms with van der Waals surface area (Å²) in [7, 11) is 0. The molecule has 2 aromatic carbocycles. The first kappa shape index (κ1) is 22.5. The molecule has 1 saturated heterocycles. The molecule has 1 aliphatic rings. The molecule has 35 heavy (non-hydrogen) atoms. The van der Waals surface area contributed by atoms with Gasteiger partial charge in [-0.15, -0.1) is 0 Å². The second-order valence-electron chi connectivity index (χ2n) is 8.52. The lowest BCUT2D eigenvalue weighted by Crippen LogP contribution is -2.39. The van der Waals surface area contributed by atoms with Gasteiger partial charge in [-0.25, -0.2) is 15.0 Å². The number of para-hydroxylation sites is 1. The van der Waals surface area contributed by atoms with Crippen molar-refractivity contribution in [3.05, 3.63) is 96.2 Å². The average Bonchev–Trinajstić information content (AvgIpc) is 2.91. The minimum absolute atomic E-state index is 0.00685. The first-order valence-electron chi connectivity index (χ1n) is 11.6. The molecule has 1 atom stereocenters. The first-order chi connectivity index (χ1) is 17.2. The van der Waals surface area contributed by atoms with Gasteiger partial charge in [-0.3, -0.25) is 9.78 Å². The van der Waals surface area contributed by atoms with Crippen molar-refractivity contribution < 1.29 is 9.53 Å². The maximum atomic E-state index is 13.3. The van der Waals surface area contributed by atoms with Crippen molar-refractivity contribution in [3.63, 3.8) is 0 Å². The fourth-order valence-corrected chi connectivity index (χ4v) is 4.20. The maximum Gasteiger partial charge on any atom is 0.253 e. The zero-order chi connectivity index (χ0) is 24.0. The molecule has 8 nitrogen and oxygen atoms in total. The quantitative estimate of drug-likeness (QED) is 0.421. The van der Waals surface area contributed by atoms with Gasteiger partial charge in [0.05, 0.1) is 11.9 Å². The fourth-order valence-electron chi connectivity index (χ4n) is 4.20. The van der Waals surface area contributed by atoms with E-state index in [1.807, 2.05) is 60.4 Å². The average molecular weight is 467 g/mol. The normalized spacial score (nSPS) is 15.5. The highest BCUT2D eigenvalue weighted by Gasteiger charge is 2.27. The Morgan fingerprint density at radius 1 is 1.06 bits per heavy atom.